The monoisotopic (exact) mass is 432 g/mol. The second kappa shape index (κ2) is 10.9. The van der Waals surface area contributed by atoms with Gasteiger partial charge in [0.2, 0.25) is 5.91 Å². The third-order valence-corrected chi connectivity index (χ3v) is 5.96. The van der Waals surface area contributed by atoms with Gasteiger partial charge in [-0.25, -0.2) is 4.79 Å². The lowest BCUT2D eigenvalue weighted by molar-refractivity contribution is -0.143. The van der Waals surface area contributed by atoms with E-state index in [9.17, 15) is 19.5 Å². The van der Waals surface area contributed by atoms with Crippen LogP contribution in [-0.4, -0.2) is 44.7 Å². The fraction of sp³-hybridized carbons (Fsp3) is 0.333. The summed E-state index contributed by atoms with van der Waals surface area (Å²) in [6, 6.07) is 8.76. The van der Waals surface area contributed by atoms with E-state index < -0.39 is 17.9 Å². The number of carbonyl (C=O) groups excluding carboxylic acids is 2. The summed E-state index contributed by atoms with van der Waals surface area (Å²) in [6.07, 6.45) is 6.00. The Labute approximate surface area is 180 Å². The average molecular weight is 433 g/mol. The number of thiocarbonyl (C=S) groups is 1. The first-order valence-electron chi connectivity index (χ1n) is 9.32. The van der Waals surface area contributed by atoms with Gasteiger partial charge >= 0.3 is 5.97 Å². The number of rotatable bonds is 9. The Kier molecular flexibility index (Phi) is 8.60. The van der Waals surface area contributed by atoms with Crippen LogP contribution in [0, 0.1) is 5.92 Å². The van der Waals surface area contributed by atoms with E-state index in [-0.39, 0.29) is 24.8 Å². The van der Waals surface area contributed by atoms with Crippen LogP contribution in [0.25, 0.3) is 6.08 Å². The van der Waals surface area contributed by atoms with Crippen LogP contribution in [0.5, 0.6) is 0 Å². The molecule has 1 aliphatic rings. The number of carboxylic acids is 1. The van der Waals surface area contributed by atoms with Crippen LogP contribution in [0.4, 0.5) is 0 Å². The van der Waals surface area contributed by atoms with Gasteiger partial charge in [0.25, 0.3) is 5.91 Å². The summed E-state index contributed by atoms with van der Waals surface area (Å²) >= 11 is 6.45. The van der Waals surface area contributed by atoms with Crippen LogP contribution in [0.15, 0.2) is 47.4 Å². The molecule has 2 rings (SSSR count). The van der Waals surface area contributed by atoms with E-state index in [0.29, 0.717) is 15.6 Å². The van der Waals surface area contributed by atoms with Crippen molar-refractivity contribution in [1.82, 2.24) is 10.2 Å². The average Bonchev–Trinajstić information content (AvgIpc) is 2.97. The fourth-order valence-electron chi connectivity index (χ4n) is 2.66. The zero-order valence-electron chi connectivity index (χ0n) is 16.3. The number of carboxylic acid groups (broad SMARTS) is 1. The minimum Gasteiger partial charge on any atom is -0.480 e. The van der Waals surface area contributed by atoms with Gasteiger partial charge in [-0.3, -0.25) is 14.5 Å². The van der Waals surface area contributed by atoms with Crippen molar-refractivity contribution in [2.75, 3.05) is 6.54 Å². The van der Waals surface area contributed by atoms with E-state index in [0.717, 1.165) is 5.56 Å². The Morgan fingerprint density at radius 1 is 1.31 bits per heavy atom. The van der Waals surface area contributed by atoms with Crippen LogP contribution in [0.1, 0.15) is 32.3 Å². The minimum absolute atomic E-state index is 0.0141. The summed E-state index contributed by atoms with van der Waals surface area (Å²) < 4.78 is 0.388. The molecule has 0 spiro atoms. The van der Waals surface area contributed by atoms with E-state index in [1.807, 2.05) is 43.3 Å². The summed E-state index contributed by atoms with van der Waals surface area (Å²) in [4.78, 5) is 37.9. The quantitative estimate of drug-likeness (QED) is 0.459. The fourth-order valence-corrected chi connectivity index (χ4v) is 3.92. The summed E-state index contributed by atoms with van der Waals surface area (Å²) in [5.41, 5.74) is 1.02. The molecule has 2 N–H and O–H groups in total. The summed E-state index contributed by atoms with van der Waals surface area (Å²) in [6.45, 7) is 3.75. The smallest absolute Gasteiger partial charge is 0.326 e. The normalized spacial score (nSPS) is 17.7. The Balaban J connectivity index is 1.93. The first-order chi connectivity index (χ1) is 13.8. The molecular weight excluding hydrogens is 408 g/mol. The highest BCUT2D eigenvalue weighted by atomic mass is 32.2. The van der Waals surface area contributed by atoms with Crippen molar-refractivity contribution in [2.24, 2.45) is 5.92 Å². The number of carbonyl (C=O) groups is 3. The summed E-state index contributed by atoms with van der Waals surface area (Å²) in [7, 11) is 0. The number of hydrogen-bond donors (Lipinski definition) is 2. The van der Waals surface area contributed by atoms with Crippen LogP contribution in [0.3, 0.4) is 0 Å². The van der Waals surface area contributed by atoms with Crippen LogP contribution in [-0.2, 0) is 14.4 Å². The molecule has 2 amide bonds. The number of hydrogen-bond acceptors (Lipinski definition) is 5. The Hall–Kier alpha value is -2.45. The third kappa shape index (κ3) is 6.54. The maximum Gasteiger partial charge on any atom is 0.326 e. The Morgan fingerprint density at radius 3 is 2.62 bits per heavy atom. The molecule has 6 nitrogen and oxygen atoms in total. The highest BCUT2D eigenvalue weighted by Gasteiger charge is 2.32. The molecule has 0 saturated carbocycles. The lowest BCUT2D eigenvalue weighted by atomic mass is 9.99. The third-order valence-electron chi connectivity index (χ3n) is 4.57. The lowest BCUT2D eigenvalue weighted by Crippen LogP contribution is -2.46. The van der Waals surface area contributed by atoms with Crippen molar-refractivity contribution in [3.8, 4) is 0 Å². The molecule has 1 heterocycles. The van der Waals surface area contributed by atoms with Gasteiger partial charge in [-0.05, 0) is 17.6 Å². The second-order valence-corrected chi connectivity index (χ2v) is 8.32. The van der Waals surface area contributed by atoms with Gasteiger partial charge < -0.3 is 10.4 Å². The molecule has 0 radical (unpaired) electrons. The number of aliphatic carboxylic acids is 1. The van der Waals surface area contributed by atoms with Crippen LogP contribution >= 0.6 is 24.0 Å². The molecule has 1 aliphatic heterocycles. The lowest BCUT2D eigenvalue weighted by Gasteiger charge is -2.21. The van der Waals surface area contributed by atoms with E-state index in [1.54, 1.807) is 19.1 Å². The zero-order valence-corrected chi connectivity index (χ0v) is 18.0. The minimum atomic E-state index is -1.06. The number of allylic oxidation sites excluding steroid dienone is 2. The van der Waals surface area contributed by atoms with Crippen molar-refractivity contribution >= 4 is 52.2 Å². The molecule has 29 heavy (non-hydrogen) atoms. The van der Waals surface area contributed by atoms with E-state index in [2.05, 4.69) is 5.32 Å². The molecule has 0 aromatic heterocycles. The number of nitrogens with zero attached hydrogens (tertiary/aromatic N) is 1. The molecule has 2 atom stereocenters. The predicted octanol–water partition coefficient (Wildman–Crippen LogP) is 3.45. The standard InChI is InChI=1S/C21H24N2O4S2/c1-3-14(2)18(20(26)27)22-17(24)12-13-23-19(25)16(29-21(23)28)11-7-10-15-8-5-4-6-9-15/h4-11,14,18H,3,12-13H2,1-2H3,(H,22,24)(H,26,27). The molecule has 1 aromatic rings. The first-order valence-corrected chi connectivity index (χ1v) is 10.5. The summed E-state index contributed by atoms with van der Waals surface area (Å²) in [5, 5.41) is 11.8. The number of benzene rings is 1. The molecule has 1 saturated heterocycles. The largest absolute Gasteiger partial charge is 0.480 e. The molecule has 1 aromatic carbocycles. The van der Waals surface area contributed by atoms with Gasteiger partial charge in [0.1, 0.15) is 10.4 Å². The molecule has 1 fully saturated rings. The van der Waals surface area contributed by atoms with Crippen molar-refractivity contribution in [3.63, 3.8) is 0 Å². The van der Waals surface area contributed by atoms with Gasteiger partial charge in [-0.15, -0.1) is 0 Å². The molecule has 0 aliphatic carbocycles. The first kappa shape index (κ1) is 22.8. The predicted molar refractivity (Wildman–Crippen MR) is 119 cm³/mol. The zero-order chi connectivity index (χ0) is 21.4. The number of amides is 2. The van der Waals surface area contributed by atoms with Crippen molar-refractivity contribution in [3.05, 3.63) is 53.0 Å². The van der Waals surface area contributed by atoms with Gasteiger partial charge in [-0.2, -0.15) is 0 Å². The number of thioether (sulfide) groups is 1. The van der Waals surface area contributed by atoms with Gasteiger partial charge in [0.15, 0.2) is 0 Å². The molecular formula is C21H24N2O4S2. The highest BCUT2D eigenvalue weighted by Crippen LogP contribution is 2.31. The molecule has 8 heteroatoms. The van der Waals surface area contributed by atoms with Crippen molar-refractivity contribution in [1.29, 1.82) is 0 Å². The van der Waals surface area contributed by atoms with Crippen LogP contribution < -0.4 is 5.32 Å². The van der Waals surface area contributed by atoms with E-state index in [1.165, 1.54) is 16.7 Å². The Morgan fingerprint density at radius 2 is 2.00 bits per heavy atom. The molecule has 2 unspecified atom stereocenters. The van der Waals surface area contributed by atoms with Crippen molar-refractivity contribution < 1.29 is 19.5 Å². The number of nitrogens with one attached hydrogen (secondary N) is 1. The van der Waals surface area contributed by atoms with Crippen molar-refractivity contribution in [2.45, 2.75) is 32.7 Å². The topological polar surface area (TPSA) is 86.7 Å². The maximum absolute atomic E-state index is 12.5. The van der Waals surface area contributed by atoms with Gasteiger partial charge in [-0.1, -0.05) is 86.7 Å². The second-order valence-electron chi connectivity index (χ2n) is 6.64. The van der Waals surface area contributed by atoms with Gasteiger partial charge in [0, 0.05) is 13.0 Å². The molecule has 0 bridgehead atoms. The Bertz CT molecular complexity index is 836. The highest BCUT2D eigenvalue weighted by molar-refractivity contribution is 8.26. The van der Waals surface area contributed by atoms with Crippen LogP contribution in [0.2, 0.25) is 0 Å². The molecule has 154 valence electrons. The van der Waals surface area contributed by atoms with Gasteiger partial charge in [0.05, 0.1) is 4.91 Å². The van der Waals surface area contributed by atoms with E-state index in [4.69, 9.17) is 12.2 Å². The SMILES string of the molecule is CCC(C)C(NC(=O)CCN1C(=O)C(=CC=Cc2ccccc2)SC1=S)C(=O)O. The van der Waals surface area contributed by atoms with E-state index >= 15 is 0 Å². The maximum atomic E-state index is 12.5. The summed E-state index contributed by atoms with van der Waals surface area (Å²) in [5.74, 6) is -1.92.